The molecule has 2 rings (SSSR count). The lowest BCUT2D eigenvalue weighted by Gasteiger charge is -2.12. The maximum Gasteiger partial charge on any atom is 0.353 e. The highest BCUT2D eigenvalue weighted by Crippen LogP contribution is 2.33. The van der Waals surface area contributed by atoms with E-state index in [-0.39, 0.29) is 11.4 Å². The lowest BCUT2D eigenvalue weighted by Crippen LogP contribution is -1.95. The van der Waals surface area contributed by atoms with Crippen molar-refractivity contribution in [3.8, 4) is 17.0 Å². The molecule has 2 aromatic rings. The highest BCUT2D eigenvalue weighted by molar-refractivity contribution is 5.87. The van der Waals surface area contributed by atoms with Crippen LogP contribution < -0.4 is 0 Å². The summed E-state index contributed by atoms with van der Waals surface area (Å²) < 4.78 is 0. The van der Waals surface area contributed by atoms with Gasteiger partial charge in [-0.1, -0.05) is 13.8 Å². The number of aryl methyl sites for hydroxylation is 1. The lowest BCUT2D eigenvalue weighted by atomic mass is 9.94. The number of hydrogen-bond donors (Lipinski definition) is 3. The van der Waals surface area contributed by atoms with Gasteiger partial charge in [-0.2, -0.15) is 5.10 Å². The number of hydrogen-bond acceptors (Lipinski definition) is 3. The Morgan fingerprint density at radius 2 is 2.00 bits per heavy atom. The van der Waals surface area contributed by atoms with E-state index in [9.17, 15) is 9.90 Å². The van der Waals surface area contributed by atoms with E-state index in [1.165, 1.54) is 6.07 Å². The first-order chi connectivity index (χ1) is 8.90. The number of carboxylic acids is 1. The van der Waals surface area contributed by atoms with Gasteiger partial charge in [-0.05, 0) is 42.2 Å². The number of phenolic OH excluding ortho intramolecular Hbond substituents is 1. The van der Waals surface area contributed by atoms with Crippen LogP contribution in [0.4, 0.5) is 0 Å². The van der Waals surface area contributed by atoms with E-state index in [1.807, 2.05) is 13.0 Å². The molecule has 0 radical (unpaired) electrons. The third kappa shape index (κ3) is 2.45. The number of nitrogens with zero attached hydrogens (tertiary/aromatic N) is 1. The topological polar surface area (TPSA) is 86.2 Å². The summed E-state index contributed by atoms with van der Waals surface area (Å²) >= 11 is 0. The third-order valence-corrected chi connectivity index (χ3v) is 3.09. The molecule has 0 bridgehead atoms. The minimum absolute atomic E-state index is 0.000993. The van der Waals surface area contributed by atoms with Crippen LogP contribution in [0.3, 0.4) is 0 Å². The number of aromatic hydroxyl groups is 1. The predicted molar refractivity (Wildman–Crippen MR) is 71.5 cm³/mol. The highest BCUT2D eigenvalue weighted by Gasteiger charge is 2.15. The largest absolute Gasteiger partial charge is 0.507 e. The van der Waals surface area contributed by atoms with Crippen molar-refractivity contribution in [2.24, 2.45) is 0 Å². The summed E-state index contributed by atoms with van der Waals surface area (Å²) in [6.45, 7) is 6.07. The number of nitrogens with one attached hydrogen (secondary N) is 1. The molecule has 0 fully saturated rings. The van der Waals surface area contributed by atoms with Gasteiger partial charge in [0, 0.05) is 5.56 Å². The van der Waals surface area contributed by atoms with Crippen LogP contribution in [0.15, 0.2) is 18.2 Å². The second-order valence-electron chi connectivity index (χ2n) is 4.85. The van der Waals surface area contributed by atoms with E-state index >= 15 is 0 Å². The zero-order valence-electron chi connectivity index (χ0n) is 11.1. The Labute approximate surface area is 110 Å². The minimum atomic E-state index is -1.07. The average Bonchev–Trinajstić information content (AvgIpc) is 2.77. The van der Waals surface area contributed by atoms with Gasteiger partial charge in [0.15, 0.2) is 0 Å². The predicted octanol–water partition coefficient (Wildman–Crippen LogP) is 2.91. The van der Waals surface area contributed by atoms with Crippen LogP contribution >= 0.6 is 0 Å². The lowest BCUT2D eigenvalue weighted by molar-refractivity contribution is 0.0690. The molecule has 100 valence electrons. The maximum atomic E-state index is 10.8. The summed E-state index contributed by atoms with van der Waals surface area (Å²) in [4.78, 5) is 10.8. The van der Waals surface area contributed by atoms with Crippen molar-refractivity contribution in [3.05, 3.63) is 35.0 Å². The Bertz CT molecular complexity index is 630. The number of carbonyl (C=O) groups is 1. The second-order valence-corrected chi connectivity index (χ2v) is 4.85. The van der Waals surface area contributed by atoms with E-state index in [0.717, 1.165) is 11.1 Å². The van der Waals surface area contributed by atoms with E-state index in [4.69, 9.17) is 5.11 Å². The average molecular weight is 260 g/mol. The van der Waals surface area contributed by atoms with Gasteiger partial charge < -0.3 is 10.2 Å². The van der Waals surface area contributed by atoms with Crippen molar-refractivity contribution in [3.63, 3.8) is 0 Å². The molecule has 0 saturated heterocycles. The Morgan fingerprint density at radius 3 is 2.53 bits per heavy atom. The zero-order valence-corrected chi connectivity index (χ0v) is 11.1. The van der Waals surface area contributed by atoms with Gasteiger partial charge in [-0.3, -0.25) is 5.10 Å². The van der Waals surface area contributed by atoms with Gasteiger partial charge in [0.05, 0.1) is 5.69 Å². The molecule has 3 N–H and O–H groups in total. The fraction of sp³-hybridized carbons (Fsp3) is 0.286. The molecule has 0 amide bonds. The third-order valence-electron chi connectivity index (χ3n) is 3.09. The number of phenols is 1. The SMILES string of the molecule is Cc1cc(O)c(-c2cc(C(=O)O)[nH]n2)cc1C(C)C. The normalized spacial score (nSPS) is 10.9. The van der Waals surface area contributed by atoms with Gasteiger partial charge in [0.25, 0.3) is 0 Å². The van der Waals surface area contributed by atoms with Crippen molar-refractivity contribution in [1.29, 1.82) is 0 Å². The van der Waals surface area contributed by atoms with Gasteiger partial charge >= 0.3 is 5.97 Å². The number of aromatic amines is 1. The first kappa shape index (κ1) is 13.1. The molecule has 0 atom stereocenters. The second kappa shape index (κ2) is 4.76. The molecule has 5 heteroatoms. The molecule has 0 aliphatic heterocycles. The summed E-state index contributed by atoms with van der Waals surface area (Å²) in [6.07, 6.45) is 0. The molecule has 19 heavy (non-hydrogen) atoms. The van der Waals surface area contributed by atoms with Crippen LogP contribution in [-0.2, 0) is 0 Å². The van der Waals surface area contributed by atoms with Crippen LogP contribution in [-0.4, -0.2) is 26.4 Å². The first-order valence-corrected chi connectivity index (χ1v) is 6.02. The summed E-state index contributed by atoms with van der Waals surface area (Å²) in [5.41, 5.74) is 3.08. The molecule has 0 aliphatic carbocycles. The maximum absolute atomic E-state index is 10.8. The molecular weight excluding hydrogens is 244 g/mol. The van der Waals surface area contributed by atoms with Crippen molar-refractivity contribution in [2.45, 2.75) is 26.7 Å². The van der Waals surface area contributed by atoms with Gasteiger partial charge in [-0.15, -0.1) is 0 Å². The highest BCUT2D eigenvalue weighted by atomic mass is 16.4. The molecule has 1 aromatic carbocycles. The Morgan fingerprint density at radius 1 is 1.32 bits per heavy atom. The number of rotatable bonds is 3. The number of H-pyrrole nitrogens is 1. The molecule has 0 spiro atoms. The summed E-state index contributed by atoms with van der Waals surface area (Å²) in [6, 6.07) is 4.95. The van der Waals surface area contributed by atoms with Crippen LogP contribution in [0, 0.1) is 6.92 Å². The van der Waals surface area contributed by atoms with E-state index in [0.29, 0.717) is 17.2 Å². The fourth-order valence-corrected chi connectivity index (χ4v) is 2.11. The summed E-state index contributed by atoms with van der Waals surface area (Å²) in [5.74, 6) is -0.656. The van der Waals surface area contributed by atoms with Gasteiger partial charge in [-0.25, -0.2) is 4.79 Å². The van der Waals surface area contributed by atoms with Crippen molar-refractivity contribution in [2.75, 3.05) is 0 Å². The van der Waals surface area contributed by atoms with E-state index < -0.39 is 5.97 Å². The number of carboxylic acid groups (broad SMARTS) is 1. The van der Waals surface area contributed by atoms with E-state index in [2.05, 4.69) is 24.0 Å². The molecule has 0 unspecified atom stereocenters. The Balaban J connectivity index is 2.54. The van der Waals surface area contributed by atoms with Crippen molar-refractivity contribution in [1.82, 2.24) is 10.2 Å². The van der Waals surface area contributed by atoms with Crippen LogP contribution in [0.1, 0.15) is 41.4 Å². The smallest absolute Gasteiger partial charge is 0.353 e. The molecule has 0 aliphatic rings. The number of benzene rings is 1. The molecule has 5 nitrogen and oxygen atoms in total. The standard InChI is InChI=1S/C14H16N2O3/c1-7(2)9-5-10(13(17)4-8(9)3)11-6-12(14(18)19)16-15-11/h4-7,17H,1-3H3,(H,15,16)(H,18,19). The summed E-state index contributed by atoms with van der Waals surface area (Å²) in [5, 5.41) is 25.2. The fourth-order valence-electron chi connectivity index (χ4n) is 2.11. The molecule has 1 heterocycles. The van der Waals surface area contributed by atoms with Crippen LogP contribution in [0.25, 0.3) is 11.3 Å². The van der Waals surface area contributed by atoms with Gasteiger partial charge in [0.1, 0.15) is 11.4 Å². The van der Waals surface area contributed by atoms with Crippen molar-refractivity contribution < 1.29 is 15.0 Å². The quantitative estimate of drug-likeness (QED) is 0.792. The van der Waals surface area contributed by atoms with Crippen LogP contribution in [0.5, 0.6) is 5.75 Å². The Kier molecular flexibility index (Phi) is 3.29. The minimum Gasteiger partial charge on any atom is -0.507 e. The number of aromatic nitrogens is 2. The molecule has 1 aromatic heterocycles. The first-order valence-electron chi connectivity index (χ1n) is 6.02. The summed E-state index contributed by atoms with van der Waals surface area (Å²) in [7, 11) is 0. The Hall–Kier alpha value is -2.30. The van der Waals surface area contributed by atoms with Crippen LogP contribution in [0.2, 0.25) is 0 Å². The molecule has 0 saturated carbocycles. The van der Waals surface area contributed by atoms with E-state index in [1.54, 1.807) is 6.07 Å². The number of aromatic carboxylic acids is 1. The zero-order chi connectivity index (χ0) is 14.2. The van der Waals surface area contributed by atoms with Gasteiger partial charge in [0.2, 0.25) is 0 Å². The molecular formula is C14H16N2O3. The monoisotopic (exact) mass is 260 g/mol. The van der Waals surface area contributed by atoms with Crippen molar-refractivity contribution >= 4 is 5.97 Å².